The largest absolute Gasteiger partial charge is 0.386 e. The molecule has 3 aromatic heterocycles. The standard InChI is InChI=1S/C43H47F2N11O3/c1-26-4-6-36(41(57)48-26)49-29-18-34(44)40(35(45)19-29)53-24-32(25-53)52-10-14-56(15-11-52)12-8-30(9-13-56)54-23-28-17-38(33(43(2,3)59)20-37(28)51-54)50-42(58)39-7-5-31-16-27(21-46)22-47-55(31)39/h5,7,16-20,22-23,30,32,36,49,59H,1,4,6,8-15,24-25H2,2-3H3,(H-,48,50,57,58)/p+1. The van der Waals surface area contributed by atoms with Gasteiger partial charge < -0.3 is 30.4 Å². The second-order valence-corrected chi connectivity index (χ2v) is 17.2. The van der Waals surface area contributed by atoms with Crippen molar-refractivity contribution in [3.05, 3.63) is 95.6 Å². The number of allylic oxidation sites excluding steroid dienone is 1. The summed E-state index contributed by atoms with van der Waals surface area (Å²) in [7, 11) is 0. The predicted molar refractivity (Wildman–Crippen MR) is 219 cm³/mol. The second kappa shape index (κ2) is 14.7. The van der Waals surface area contributed by atoms with Gasteiger partial charge in [-0.2, -0.15) is 15.5 Å². The Kier molecular flexibility index (Phi) is 9.65. The number of nitrogens with zero attached hydrogens (tertiary/aromatic N) is 8. The number of hydrogen-bond acceptors (Lipinski definition) is 9. The third kappa shape index (κ3) is 7.38. The number of quaternary nitrogens is 1. The zero-order chi connectivity index (χ0) is 41.2. The first kappa shape index (κ1) is 38.6. The van der Waals surface area contributed by atoms with E-state index in [1.807, 2.05) is 23.0 Å². The third-order valence-corrected chi connectivity index (χ3v) is 12.8. The minimum Gasteiger partial charge on any atom is -0.386 e. The van der Waals surface area contributed by atoms with Gasteiger partial charge in [0.1, 0.15) is 23.5 Å². The van der Waals surface area contributed by atoms with Gasteiger partial charge in [0.25, 0.3) is 5.91 Å². The summed E-state index contributed by atoms with van der Waals surface area (Å²) in [5.41, 5.74) is 2.72. The van der Waals surface area contributed by atoms with Gasteiger partial charge in [-0.05, 0) is 69.2 Å². The van der Waals surface area contributed by atoms with Crippen LogP contribution in [0.15, 0.2) is 67.1 Å². The molecule has 4 aliphatic rings. The van der Waals surface area contributed by atoms with E-state index in [1.54, 1.807) is 36.9 Å². The van der Waals surface area contributed by atoms with E-state index in [2.05, 4.69) is 38.6 Å². The van der Waals surface area contributed by atoms with Crippen LogP contribution in [0.3, 0.4) is 0 Å². The summed E-state index contributed by atoms with van der Waals surface area (Å²) in [6, 6.07) is 13.3. The van der Waals surface area contributed by atoms with Crippen LogP contribution < -0.4 is 20.9 Å². The fourth-order valence-electron chi connectivity index (χ4n) is 9.32. The van der Waals surface area contributed by atoms with Gasteiger partial charge in [-0.1, -0.05) is 6.58 Å². The van der Waals surface area contributed by atoms with Crippen LogP contribution in [0.2, 0.25) is 0 Å². The van der Waals surface area contributed by atoms with E-state index in [4.69, 9.17) is 5.10 Å². The SMILES string of the molecule is C=C1CCC(Nc2cc(F)c(N3CC(N4CC[N+]5(CCC(n6cc7cc(NC(=O)c8ccc9cc(C#N)cnn89)c(C(C)(C)O)cc7n6)CC5)CC4)C3)c(F)c2)C(=O)N1. The van der Waals surface area contributed by atoms with E-state index in [9.17, 15) is 20.0 Å². The lowest BCUT2D eigenvalue weighted by Gasteiger charge is -2.53. The number of nitrogens with one attached hydrogen (secondary N) is 3. The van der Waals surface area contributed by atoms with E-state index in [-0.39, 0.29) is 29.4 Å². The smallest absolute Gasteiger partial charge is 0.274 e. The van der Waals surface area contributed by atoms with Crippen LogP contribution in [0.5, 0.6) is 0 Å². The summed E-state index contributed by atoms with van der Waals surface area (Å²) in [5, 5.41) is 39.1. The second-order valence-electron chi connectivity index (χ2n) is 17.2. The van der Waals surface area contributed by atoms with Crippen molar-refractivity contribution in [2.75, 3.05) is 67.9 Å². The molecule has 2 aromatic carbocycles. The van der Waals surface area contributed by atoms with Gasteiger partial charge in [-0.25, -0.2) is 13.3 Å². The lowest BCUT2D eigenvalue weighted by atomic mass is 9.95. The molecule has 306 valence electrons. The number of rotatable bonds is 8. The van der Waals surface area contributed by atoms with Gasteiger partial charge in [0.15, 0.2) is 11.6 Å². The van der Waals surface area contributed by atoms with E-state index >= 15 is 8.78 Å². The van der Waals surface area contributed by atoms with Gasteiger partial charge in [0.2, 0.25) is 5.91 Å². The zero-order valence-corrected chi connectivity index (χ0v) is 33.2. The van der Waals surface area contributed by atoms with E-state index < -0.39 is 29.2 Å². The van der Waals surface area contributed by atoms with Gasteiger partial charge >= 0.3 is 0 Å². The molecule has 1 spiro atoms. The number of hydrogen-bond donors (Lipinski definition) is 4. The molecule has 4 saturated heterocycles. The quantitative estimate of drug-likeness (QED) is 0.161. The molecule has 1 unspecified atom stereocenters. The summed E-state index contributed by atoms with van der Waals surface area (Å²) in [5.74, 6) is -1.91. The molecule has 2 amide bonds. The summed E-state index contributed by atoms with van der Waals surface area (Å²) < 4.78 is 35.1. The number of carbonyl (C=O) groups is 2. The summed E-state index contributed by atoms with van der Waals surface area (Å²) in [4.78, 5) is 30.0. The van der Waals surface area contributed by atoms with Crippen LogP contribution >= 0.6 is 0 Å². The molecule has 0 radical (unpaired) electrons. The van der Waals surface area contributed by atoms with Crippen LogP contribution in [0.25, 0.3) is 16.4 Å². The topological polar surface area (TPSA) is 156 Å². The Morgan fingerprint density at radius 3 is 2.44 bits per heavy atom. The lowest BCUT2D eigenvalue weighted by molar-refractivity contribution is -0.937. The van der Waals surface area contributed by atoms with Crippen molar-refractivity contribution in [1.29, 1.82) is 5.26 Å². The monoisotopic (exact) mass is 804 g/mol. The molecular weight excluding hydrogens is 757 g/mol. The number of halogens is 2. The first-order valence-corrected chi connectivity index (χ1v) is 20.3. The molecule has 1 atom stereocenters. The highest BCUT2D eigenvalue weighted by atomic mass is 19.1. The Balaban J connectivity index is 0.802. The van der Waals surface area contributed by atoms with Crippen LogP contribution in [-0.2, 0) is 10.4 Å². The van der Waals surface area contributed by atoms with Gasteiger partial charge in [-0.15, -0.1) is 0 Å². The number of benzene rings is 2. The van der Waals surface area contributed by atoms with Crippen molar-refractivity contribution in [3.8, 4) is 6.07 Å². The molecule has 9 rings (SSSR count). The van der Waals surface area contributed by atoms with Crippen molar-refractivity contribution in [2.45, 2.75) is 63.3 Å². The number of aromatic nitrogens is 4. The van der Waals surface area contributed by atoms with Crippen molar-refractivity contribution >= 4 is 45.3 Å². The maximum atomic E-state index is 15.3. The number of anilines is 3. The molecule has 7 heterocycles. The fourth-order valence-corrected chi connectivity index (χ4v) is 9.32. The van der Waals surface area contributed by atoms with Crippen LogP contribution in [0.4, 0.5) is 25.8 Å². The summed E-state index contributed by atoms with van der Waals surface area (Å²) >= 11 is 0. The van der Waals surface area contributed by atoms with E-state index in [0.717, 1.165) is 67.5 Å². The number of carbonyl (C=O) groups excluding carboxylic acids is 2. The summed E-state index contributed by atoms with van der Waals surface area (Å²) in [6.45, 7) is 14.3. The van der Waals surface area contributed by atoms with Crippen LogP contribution in [0, 0.1) is 23.0 Å². The molecule has 14 nitrogen and oxygen atoms in total. The molecular formula is C43H48F2N11O3+. The third-order valence-electron chi connectivity index (χ3n) is 12.8. The molecule has 0 saturated carbocycles. The number of piperazine rings is 1. The Labute approximate surface area is 340 Å². The number of nitriles is 1. The summed E-state index contributed by atoms with van der Waals surface area (Å²) in [6.07, 6.45) is 6.51. The number of amides is 2. The molecule has 0 aliphatic carbocycles. The maximum absolute atomic E-state index is 15.3. The molecule has 4 fully saturated rings. The average Bonchev–Trinajstić information content (AvgIpc) is 3.81. The highest BCUT2D eigenvalue weighted by Gasteiger charge is 2.42. The van der Waals surface area contributed by atoms with Crippen LogP contribution in [-0.4, -0.2) is 110 Å². The normalized spacial score (nSPS) is 20.5. The van der Waals surface area contributed by atoms with Crippen molar-refractivity contribution in [1.82, 2.24) is 29.6 Å². The molecule has 0 bridgehead atoms. The minimum atomic E-state index is -1.26. The van der Waals surface area contributed by atoms with Gasteiger partial charge in [0.05, 0.1) is 60.6 Å². The molecule has 5 aromatic rings. The molecule has 4 N–H and O–H groups in total. The zero-order valence-electron chi connectivity index (χ0n) is 33.2. The number of piperidine rings is 2. The highest BCUT2D eigenvalue weighted by Crippen LogP contribution is 2.36. The van der Waals surface area contributed by atoms with E-state index in [0.29, 0.717) is 59.7 Å². The fraction of sp³-hybridized carbons (Fsp3) is 0.419. The molecule has 4 aliphatic heterocycles. The Hall–Kier alpha value is -5.89. The van der Waals surface area contributed by atoms with Crippen molar-refractivity contribution in [2.24, 2.45) is 0 Å². The average molecular weight is 805 g/mol. The predicted octanol–water partition coefficient (Wildman–Crippen LogP) is 4.87. The Bertz CT molecular complexity index is 2510. The van der Waals surface area contributed by atoms with Crippen molar-refractivity contribution in [3.63, 3.8) is 0 Å². The Morgan fingerprint density at radius 2 is 1.76 bits per heavy atom. The highest BCUT2D eigenvalue weighted by molar-refractivity contribution is 6.05. The molecule has 59 heavy (non-hydrogen) atoms. The van der Waals surface area contributed by atoms with Gasteiger partial charge in [0, 0.05) is 79.3 Å². The number of aliphatic hydroxyl groups is 1. The maximum Gasteiger partial charge on any atom is 0.274 e. The first-order valence-electron chi connectivity index (χ1n) is 20.3. The minimum absolute atomic E-state index is 0.0145. The van der Waals surface area contributed by atoms with E-state index in [1.165, 1.54) is 22.8 Å². The molecule has 16 heteroatoms. The Morgan fingerprint density at radius 1 is 1.03 bits per heavy atom. The number of fused-ring (bicyclic) bond motifs is 2. The lowest BCUT2D eigenvalue weighted by Crippen LogP contribution is -2.68. The van der Waals surface area contributed by atoms with Gasteiger partial charge in [-0.3, -0.25) is 19.2 Å². The van der Waals surface area contributed by atoms with Crippen LogP contribution in [0.1, 0.15) is 67.2 Å². The first-order chi connectivity index (χ1) is 28.3. The van der Waals surface area contributed by atoms with Crippen molar-refractivity contribution < 1.29 is 28.0 Å².